The number of hydrogen-bond donors (Lipinski definition) is 3. The number of para-hydroxylation sites is 1. The number of benzene rings is 4. The predicted molar refractivity (Wildman–Crippen MR) is 175 cm³/mol. The summed E-state index contributed by atoms with van der Waals surface area (Å²) in [6.45, 7) is 0. The summed E-state index contributed by atoms with van der Waals surface area (Å²) in [5.74, 6) is 0.805. The molecule has 0 heterocycles. The second kappa shape index (κ2) is 15.9. The van der Waals surface area contributed by atoms with E-state index in [1.807, 2.05) is 6.07 Å². The number of hydrogen-bond acceptors (Lipinski definition) is 8. The molecule has 3 amide bonds. The Hall–Kier alpha value is -5.42. The van der Waals surface area contributed by atoms with Gasteiger partial charge in [0.25, 0.3) is 11.8 Å². The van der Waals surface area contributed by atoms with Crippen LogP contribution in [0.2, 0.25) is 0 Å². The zero-order valence-electron chi connectivity index (χ0n) is 25.2. The summed E-state index contributed by atoms with van der Waals surface area (Å²) in [5, 5.41) is 8.40. The average Bonchev–Trinajstić information content (AvgIpc) is 3.07. The Morgan fingerprint density at radius 2 is 1.49 bits per heavy atom. The number of anilines is 2. The number of thioether (sulfide) groups is 1. The van der Waals surface area contributed by atoms with E-state index in [-0.39, 0.29) is 17.4 Å². The summed E-state index contributed by atoms with van der Waals surface area (Å²) in [4.78, 5) is 40.1. The molecule has 0 aliphatic carbocycles. The molecule has 0 aliphatic rings. The van der Waals surface area contributed by atoms with Gasteiger partial charge in [0.15, 0.2) is 11.5 Å². The van der Waals surface area contributed by atoms with Crippen molar-refractivity contribution in [1.82, 2.24) is 5.32 Å². The molecule has 10 nitrogen and oxygen atoms in total. The van der Waals surface area contributed by atoms with E-state index < -0.39 is 11.8 Å². The Labute approximate surface area is 265 Å². The Kier molecular flexibility index (Phi) is 11.5. The van der Waals surface area contributed by atoms with Crippen molar-refractivity contribution in [2.45, 2.75) is 4.90 Å². The molecule has 0 aromatic heterocycles. The van der Waals surface area contributed by atoms with Gasteiger partial charge in [0.05, 0.1) is 39.9 Å². The molecular weight excluding hydrogens is 594 g/mol. The molecule has 0 saturated carbocycles. The van der Waals surface area contributed by atoms with Crippen molar-refractivity contribution in [1.29, 1.82) is 0 Å². The van der Waals surface area contributed by atoms with Crippen LogP contribution in [0, 0.1) is 0 Å². The van der Waals surface area contributed by atoms with Crippen molar-refractivity contribution in [2.24, 2.45) is 0 Å². The summed E-state index contributed by atoms with van der Waals surface area (Å²) >= 11 is 1.29. The van der Waals surface area contributed by atoms with Gasteiger partial charge in [-0.3, -0.25) is 14.4 Å². The van der Waals surface area contributed by atoms with Crippen LogP contribution in [-0.4, -0.2) is 51.9 Å². The highest BCUT2D eigenvalue weighted by atomic mass is 32.2. The van der Waals surface area contributed by atoms with Crippen LogP contribution in [-0.2, 0) is 9.59 Å². The van der Waals surface area contributed by atoms with E-state index in [1.165, 1.54) is 39.2 Å². The van der Waals surface area contributed by atoms with Crippen LogP contribution in [0.5, 0.6) is 23.0 Å². The lowest BCUT2D eigenvalue weighted by atomic mass is 10.1. The number of nitrogens with one attached hydrogen (secondary N) is 3. The minimum absolute atomic E-state index is 0.0138. The van der Waals surface area contributed by atoms with E-state index in [0.29, 0.717) is 45.5 Å². The molecule has 0 aliphatic heterocycles. The third-order valence-corrected chi connectivity index (χ3v) is 7.40. The molecule has 0 bridgehead atoms. The van der Waals surface area contributed by atoms with Gasteiger partial charge in [-0.2, -0.15) is 0 Å². The van der Waals surface area contributed by atoms with E-state index >= 15 is 0 Å². The molecule has 45 heavy (non-hydrogen) atoms. The number of rotatable bonds is 13. The summed E-state index contributed by atoms with van der Waals surface area (Å²) in [5.41, 5.74) is 1.86. The fourth-order valence-electron chi connectivity index (χ4n) is 4.23. The Balaban J connectivity index is 1.51. The van der Waals surface area contributed by atoms with Crippen molar-refractivity contribution in [3.63, 3.8) is 0 Å². The number of amides is 3. The number of ether oxygens (including phenoxy) is 4. The van der Waals surface area contributed by atoms with Crippen molar-refractivity contribution in [2.75, 3.05) is 44.8 Å². The number of methoxy groups -OCH3 is 4. The van der Waals surface area contributed by atoms with Crippen LogP contribution < -0.4 is 34.9 Å². The van der Waals surface area contributed by atoms with E-state index in [2.05, 4.69) is 16.0 Å². The molecule has 0 unspecified atom stereocenters. The molecule has 0 saturated heterocycles. The van der Waals surface area contributed by atoms with Gasteiger partial charge in [-0.1, -0.05) is 36.4 Å². The largest absolute Gasteiger partial charge is 0.497 e. The highest BCUT2D eigenvalue weighted by Gasteiger charge is 2.18. The molecule has 0 radical (unpaired) electrons. The molecule has 0 atom stereocenters. The molecule has 0 spiro atoms. The summed E-state index contributed by atoms with van der Waals surface area (Å²) in [6, 6.07) is 26.0. The van der Waals surface area contributed by atoms with Gasteiger partial charge in [0.2, 0.25) is 5.91 Å². The Morgan fingerprint density at radius 3 is 2.20 bits per heavy atom. The third kappa shape index (κ3) is 8.80. The topological polar surface area (TPSA) is 124 Å². The lowest BCUT2D eigenvalue weighted by Crippen LogP contribution is -2.30. The highest BCUT2D eigenvalue weighted by molar-refractivity contribution is 8.00. The van der Waals surface area contributed by atoms with Gasteiger partial charge >= 0.3 is 0 Å². The third-order valence-electron chi connectivity index (χ3n) is 6.40. The van der Waals surface area contributed by atoms with Crippen LogP contribution in [0.3, 0.4) is 0 Å². The van der Waals surface area contributed by atoms with E-state index in [0.717, 1.165) is 4.90 Å². The second-order valence-corrected chi connectivity index (χ2v) is 10.4. The van der Waals surface area contributed by atoms with Crippen molar-refractivity contribution < 1.29 is 33.3 Å². The SMILES string of the molecule is COc1ccc(OC)c(NC(=O)CSc2cccc(NC(=O)/C(=C\c3cccc(OC)c3OC)NC(=O)c3ccccc3)c2)c1. The first-order valence-electron chi connectivity index (χ1n) is 13.7. The van der Waals surface area contributed by atoms with Crippen LogP contribution in [0.25, 0.3) is 6.08 Å². The summed E-state index contributed by atoms with van der Waals surface area (Å²) < 4.78 is 21.5. The Bertz CT molecular complexity index is 1690. The maximum absolute atomic E-state index is 13.6. The first kappa shape index (κ1) is 32.5. The van der Waals surface area contributed by atoms with Gasteiger partial charge in [0.1, 0.15) is 17.2 Å². The first-order chi connectivity index (χ1) is 21.8. The average molecular weight is 628 g/mol. The van der Waals surface area contributed by atoms with E-state index in [9.17, 15) is 14.4 Å². The maximum Gasteiger partial charge on any atom is 0.272 e. The molecule has 4 rings (SSSR count). The van der Waals surface area contributed by atoms with Crippen molar-refractivity contribution >= 4 is 46.9 Å². The monoisotopic (exact) mass is 627 g/mol. The minimum Gasteiger partial charge on any atom is -0.497 e. The van der Waals surface area contributed by atoms with Crippen LogP contribution in [0.4, 0.5) is 11.4 Å². The molecule has 3 N–H and O–H groups in total. The van der Waals surface area contributed by atoms with Crippen LogP contribution >= 0.6 is 11.8 Å². The van der Waals surface area contributed by atoms with Gasteiger partial charge in [0, 0.05) is 27.8 Å². The zero-order chi connectivity index (χ0) is 32.2. The normalized spacial score (nSPS) is 10.8. The standard InChI is InChI=1S/C34H33N3O7S/c1-41-25-16-17-29(42-2)27(20-25)36-31(38)21-45-26-14-9-13-24(19-26)35-34(40)28(37-33(39)22-10-6-5-7-11-22)18-23-12-8-15-30(43-3)32(23)44-4/h5-20H,21H2,1-4H3,(H,35,40)(H,36,38)(H,37,39)/b28-18+. The van der Waals surface area contributed by atoms with E-state index in [1.54, 1.807) is 92.0 Å². The lowest BCUT2D eigenvalue weighted by molar-refractivity contribution is -0.114. The van der Waals surface area contributed by atoms with Crippen LogP contribution in [0.15, 0.2) is 102 Å². The number of carbonyl (C=O) groups is 3. The fraction of sp³-hybridized carbons (Fsp3) is 0.147. The highest BCUT2D eigenvalue weighted by Crippen LogP contribution is 2.32. The molecule has 232 valence electrons. The molecule has 0 fully saturated rings. The van der Waals surface area contributed by atoms with Gasteiger partial charge < -0.3 is 34.9 Å². The summed E-state index contributed by atoms with van der Waals surface area (Å²) in [6.07, 6.45) is 1.52. The lowest BCUT2D eigenvalue weighted by Gasteiger charge is -2.14. The maximum atomic E-state index is 13.6. The molecular formula is C34H33N3O7S. The zero-order valence-corrected chi connectivity index (χ0v) is 26.0. The predicted octanol–water partition coefficient (Wildman–Crippen LogP) is 5.86. The minimum atomic E-state index is -0.561. The van der Waals surface area contributed by atoms with Crippen molar-refractivity contribution in [3.05, 3.63) is 108 Å². The van der Waals surface area contributed by atoms with Gasteiger partial charge in [-0.05, 0) is 54.6 Å². The van der Waals surface area contributed by atoms with Gasteiger partial charge in [-0.25, -0.2) is 0 Å². The molecule has 11 heteroatoms. The second-order valence-electron chi connectivity index (χ2n) is 9.35. The molecule has 4 aromatic rings. The Morgan fingerprint density at radius 1 is 0.733 bits per heavy atom. The molecule has 4 aromatic carbocycles. The smallest absolute Gasteiger partial charge is 0.272 e. The van der Waals surface area contributed by atoms with Gasteiger partial charge in [-0.15, -0.1) is 11.8 Å². The van der Waals surface area contributed by atoms with E-state index in [4.69, 9.17) is 18.9 Å². The van der Waals surface area contributed by atoms with Crippen LogP contribution in [0.1, 0.15) is 15.9 Å². The quantitative estimate of drug-likeness (QED) is 0.124. The fourth-order valence-corrected chi connectivity index (χ4v) is 4.99. The van der Waals surface area contributed by atoms with Crippen molar-refractivity contribution in [3.8, 4) is 23.0 Å². The first-order valence-corrected chi connectivity index (χ1v) is 14.7. The summed E-state index contributed by atoms with van der Waals surface area (Å²) in [7, 11) is 6.07. The number of carbonyl (C=O) groups excluding carboxylic acids is 3.